The van der Waals surface area contributed by atoms with Gasteiger partial charge in [0.05, 0.1) is 0 Å². The van der Waals surface area contributed by atoms with Crippen molar-refractivity contribution >= 4 is 15.9 Å². The summed E-state index contributed by atoms with van der Waals surface area (Å²) in [7, 11) is -3.63. The fourth-order valence-corrected chi connectivity index (χ4v) is 5.97. The van der Waals surface area contributed by atoms with Gasteiger partial charge in [0.2, 0.25) is 15.9 Å². The van der Waals surface area contributed by atoms with Crippen molar-refractivity contribution in [2.45, 2.75) is 70.4 Å². The number of likely N-dealkylation sites (tertiary alicyclic amines) is 1. The lowest BCUT2D eigenvalue weighted by molar-refractivity contribution is -0.127. The molecule has 0 spiro atoms. The van der Waals surface area contributed by atoms with Crippen LogP contribution in [0.1, 0.15) is 51.0 Å². The molecule has 8 nitrogen and oxygen atoms in total. The first-order valence-electron chi connectivity index (χ1n) is 10.2. The standard InChI is InChI=1S/C19H32N4O4S/c1-13(2)22-9-7-17(8-10-22)20-19(24)16-5-11-23(12-6-16)28(25,26)18-14(3)21-27-15(18)4/h13,16-17H,5-12H2,1-4H3,(H,20,24). The molecule has 0 unspecified atom stereocenters. The van der Waals surface area contributed by atoms with Crippen molar-refractivity contribution in [3.05, 3.63) is 11.5 Å². The van der Waals surface area contributed by atoms with E-state index in [4.69, 9.17) is 4.52 Å². The number of nitrogens with zero attached hydrogens (tertiary/aromatic N) is 3. The van der Waals surface area contributed by atoms with E-state index in [-0.39, 0.29) is 22.8 Å². The zero-order chi connectivity index (χ0) is 20.5. The topological polar surface area (TPSA) is 95.8 Å². The third kappa shape index (κ3) is 4.41. The van der Waals surface area contributed by atoms with E-state index >= 15 is 0 Å². The lowest BCUT2D eigenvalue weighted by Gasteiger charge is -2.36. The van der Waals surface area contributed by atoms with Crippen LogP contribution in [0.2, 0.25) is 0 Å². The normalized spacial score (nSPS) is 21.3. The highest BCUT2D eigenvalue weighted by Crippen LogP contribution is 2.28. The number of aryl methyl sites for hydroxylation is 2. The molecule has 1 aromatic rings. The van der Waals surface area contributed by atoms with E-state index in [1.54, 1.807) is 13.8 Å². The second-order valence-electron chi connectivity index (χ2n) is 8.24. The third-order valence-corrected chi connectivity index (χ3v) is 8.14. The summed E-state index contributed by atoms with van der Waals surface area (Å²) in [4.78, 5) is 15.2. The molecule has 9 heteroatoms. The van der Waals surface area contributed by atoms with Gasteiger partial charge in [-0.15, -0.1) is 0 Å². The summed E-state index contributed by atoms with van der Waals surface area (Å²) in [5, 5.41) is 6.94. The first kappa shape index (κ1) is 21.3. The van der Waals surface area contributed by atoms with E-state index < -0.39 is 10.0 Å². The summed E-state index contributed by atoms with van der Waals surface area (Å²) in [5.74, 6) is 0.252. The number of aromatic nitrogens is 1. The van der Waals surface area contributed by atoms with Gasteiger partial charge < -0.3 is 14.7 Å². The maximum atomic E-state index is 12.9. The molecule has 0 aliphatic carbocycles. The Morgan fingerprint density at radius 2 is 1.71 bits per heavy atom. The van der Waals surface area contributed by atoms with Crippen molar-refractivity contribution in [3.63, 3.8) is 0 Å². The minimum Gasteiger partial charge on any atom is -0.360 e. The van der Waals surface area contributed by atoms with Gasteiger partial charge in [0.1, 0.15) is 10.6 Å². The number of nitrogens with one attached hydrogen (secondary N) is 1. The average molecular weight is 413 g/mol. The molecule has 0 atom stereocenters. The zero-order valence-corrected chi connectivity index (χ0v) is 18.1. The number of carbonyl (C=O) groups excluding carboxylic acids is 1. The summed E-state index contributed by atoms with van der Waals surface area (Å²) in [6, 6.07) is 0.771. The molecule has 0 saturated carbocycles. The highest BCUT2D eigenvalue weighted by Gasteiger charge is 2.36. The smallest absolute Gasteiger partial charge is 0.248 e. The summed E-state index contributed by atoms with van der Waals surface area (Å²) in [6.07, 6.45) is 3.03. The molecule has 3 heterocycles. The fourth-order valence-electron chi connectivity index (χ4n) is 4.21. The molecule has 2 aliphatic heterocycles. The van der Waals surface area contributed by atoms with E-state index in [9.17, 15) is 13.2 Å². The molecule has 1 amide bonds. The van der Waals surface area contributed by atoms with Crippen LogP contribution in [-0.2, 0) is 14.8 Å². The van der Waals surface area contributed by atoms with Crippen molar-refractivity contribution < 1.29 is 17.7 Å². The maximum Gasteiger partial charge on any atom is 0.248 e. The monoisotopic (exact) mass is 412 g/mol. The number of amides is 1. The SMILES string of the molecule is Cc1noc(C)c1S(=O)(=O)N1CCC(C(=O)NC2CCN(C(C)C)CC2)CC1. The molecule has 0 bridgehead atoms. The minimum absolute atomic E-state index is 0.0670. The maximum absolute atomic E-state index is 12.9. The van der Waals surface area contributed by atoms with Gasteiger partial charge in [-0.1, -0.05) is 5.16 Å². The van der Waals surface area contributed by atoms with Crippen LogP contribution < -0.4 is 5.32 Å². The van der Waals surface area contributed by atoms with E-state index in [0.29, 0.717) is 43.4 Å². The van der Waals surface area contributed by atoms with Gasteiger partial charge in [-0.25, -0.2) is 8.42 Å². The second-order valence-corrected chi connectivity index (χ2v) is 10.1. The predicted octanol–water partition coefficient (Wildman–Crippen LogP) is 1.68. The van der Waals surface area contributed by atoms with E-state index in [0.717, 1.165) is 25.9 Å². The first-order chi connectivity index (χ1) is 13.2. The van der Waals surface area contributed by atoms with E-state index in [2.05, 4.69) is 29.2 Å². The van der Waals surface area contributed by atoms with E-state index in [1.807, 2.05) is 0 Å². The number of carbonyl (C=O) groups is 1. The van der Waals surface area contributed by atoms with Crippen LogP contribution in [-0.4, -0.2) is 66.9 Å². The Balaban J connectivity index is 1.52. The Hall–Kier alpha value is -1.45. The van der Waals surface area contributed by atoms with Crippen LogP contribution in [0.4, 0.5) is 0 Å². The predicted molar refractivity (Wildman–Crippen MR) is 105 cm³/mol. The van der Waals surface area contributed by atoms with Crippen molar-refractivity contribution in [3.8, 4) is 0 Å². The summed E-state index contributed by atoms with van der Waals surface area (Å²) in [6.45, 7) is 10.3. The van der Waals surface area contributed by atoms with Crippen LogP contribution in [0.3, 0.4) is 0 Å². The summed E-state index contributed by atoms with van der Waals surface area (Å²) < 4.78 is 32.2. The van der Waals surface area contributed by atoms with Crippen molar-refractivity contribution in [1.29, 1.82) is 0 Å². The van der Waals surface area contributed by atoms with Gasteiger partial charge in [0.15, 0.2) is 5.76 Å². The van der Waals surface area contributed by atoms with Gasteiger partial charge in [0, 0.05) is 44.2 Å². The first-order valence-corrected chi connectivity index (χ1v) is 11.6. The Morgan fingerprint density at radius 3 is 2.21 bits per heavy atom. The molecular formula is C19H32N4O4S. The van der Waals surface area contributed by atoms with Gasteiger partial charge in [-0.3, -0.25) is 4.79 Å². The zero-order valence-electron chi connectivity index (χ0n) is 17.3. The van der Waals surface area contributed by atoms with Crippen molar-refractivity contribution in [2.24, 2.45) is 5.92 Å². The quantitative estimate of drug-likeness (QED) is 0.791. The third-order valence-electron chi connectivity index (χ3n) is 6.00. The number of sulfonamides is 1. The molecule has 28 heavy (non-hydrogen) atoms. The Labute approximate surface area is 167 Å². The van der Waals surface area contributed by atoms with E-state index in [1.165, 1.54) is 4.31 Å². The van der Waals surface area contributed by atoms with Gasteiger partial charge >= 0.3 is 0 Å². The molecule has 158 valence electrons. The number of piperidine rings is 2. The molecule has 3 rings (SSSR count). The largest absolute Gasteiger partial charge is 0.360 e. The second kappa shape index (κ2) is 8.51. The highest BCUT2D eigenvalue weighted by atomic mass is 32.2. The molecule has 0 radical (unpaired) electrons. The Kier molecular flexibility index (Phi) is 6.46. The molecule has 2 aliphatic rings. The lowest BCUT2D eigenvalue weighted by atomic mass is 9.95. The van der Waals surface area contributed by atoms with Crippen LogP contribution in [0.25, 0.3) is 0 Å². The Bertz CT molecular complexity index is 769. The molecule has 2 fully saturated rings. The molecular weight excluding hydrogens is 380 g/mol. The highest BCUT2D eigenvalue weighted by molar-refractivity contribution is 7.89. The van der Waals surface area contributed by atoms with Gasteiger partial charge in [-0.2, -0.15) is 4.31 Å². The number of rotatable bonds is 5. The van der Waals surface area contributed by atoms with Crippen LogP contribution in [0.5, 0.6) is 0 Å². The molecule has 1 N–H and O–H groups in total. The van der Waals surface area contributed by atoms with Crippen LogP contribution in [0.15, 0.2) is 9.42 Å². The molecule has 0 aromatic carbocycles. The van der Waals surface area contributed by atoms with Crippen molar-refractivity contribution in [1.82, 2.24) is 19.7 Å². The van der Waals surface area contributed by atoms with Crippen molar-refractivity contribution in [2.75, 3.05) is 26.2 Å². The van der Waals surface area contributed by atoms with Crippen LogP contribution in [0, 0.1) is 19.8 Å². The number of hydrogen-bond donors (Lipinski definition) is 1. The molecule has 2 saturated heterocycles. The lowest BCUT2D eigenvalue weighted by Crippen LogP contribution is -2.49. The summed E-state index contributed by atoms with van der Waals surface area (Å²) in [5.41, 5.74) is 0.380. The van der Waals surface area contributed by atoms with Gasteiger partial charge in [-0.05, 0) is 53.4 Å². The van der Waals surface area contributed by atoms with Gasteiger partial charge in [0.25, 0.3) is 0 Å². The summed E-state index contributed by atoms with van der Waals surface area (Å²) >= 11 is 0. The molecule has 1 aromatic heterocycles. The Morgan fingerprint density at radius 1 is 1.11 bits per heavy atom. The fraction of sp³-hybridized carbons (Fsp3) is 0.789. The van der Waals surface area contributed by atoms with Crippen LogP contribution >= 0.6 is 0 Å². The minimum atomic E-state index is -3.63. The average Bonchev–Trinajstić information content (AvgIpc) is 3.01. The number of hydrogen-bond acceptors (Lipinski definition) is 6.